The Morgan fingerprint density at radius 1 is 1.19 bits per heavy atom. The fraction of sp³-hybridized carbons (Fsp3) is 0.412. The molecule has 4 rings (SSSR count). The van der Waals surface area contributed by atoms with Crippen molar-refractivity contribution in [1.82, 2.24) is 19.4 Å². The molecule has 138 valence electrons. The summed E-state index contributed by atoms with van der Waals surface area (Å²) in [5, 5.41) is 7.34. The molecule has 2 aliphatic heterocycles. The topological polar surface area (TPSA) is 96.3 Å². The largest absolute Gasteiger partial charge is 0.368 e. The van der Waals surface area contributed by atoms with Crippen LogP contribution in [0.1, 0.15) is 23.3 Å². The van der Waals surface area contributed by atoms with Crippen molar-refractivity contribution < 1.29 is 13.2 Å². The lowest BCUT2D eigenvalue weighted by Crippen LogP contribution is -2.52. The van der Waals surface area contributed by atoms with Crippen LogP contribution in [0.3, 0.4) is 0 Å². The van der Waals surface area contributed by atoms with Crippen molar-refractivity contribution in [3.05, 3.63) is 42.2 Å². The molecule has 26 heavy (non-hydrogen) atoms. The molecule has 2 N–H and O–H groups in total. The minimum absolute atomic E-state index is 0.0361. The quantitative estimate of drug-likeness (QED) is 0.816. The van der Waals surface area contributed by atoms with Gasteiger partial charge in [-0.1, -0.05) is 12.1 Å². The number of aryl methyl sites for hydroxylation is 1. The van der Waals surface area contributed by atoms with Gasteiger partial charge in [-0.3, -0.25) is 9.48 Å². The maximum Gasteiger partial charge on any atom is 0.272 e. The summed E-state index contributed by atoms with van der Waals surface area (Å²) < 4.78 is 29.2. The molecule has 0 radical (unpaired) electrons. The molecular formula is C17H21N5O3S. The van der Waals surface area contributed by atoms with Crippen LogP contribution in [0.4, 0.5) is 5.69 Å². The average molecular weight is 375 g/mol. The first-order chi connectivity index (χ1) is 12.5. The van der Waals surface area contributed by atoms with Crippen LogP contribution in [0.15, 0.2) is 41.4 Å². The normalized spacial score (nSPS) is 22.5. The van der Waals surface area contributed by atoms with Crippen LogP contribution >= 0.6 is 0 Å². The number of anilines is 1. The Kier molecular flexibility index (Phi) is 4.20. The van der Waals surface area contributed by atoms with Gasteiger partial charge in [-0.2, -0.15) is 9.82 Å². The Labute approximate surface area is 152 Å². The molecule has 0 aliphatic carbocycles. The van der Waals surface area contributed by atoms with E-state index in [9.17, 15) is 13.2 Å². The van der Waals surface area contributed by atoms with Gasteiger partial charge in [-0.05, 0) is 37.0 Å². The smallest absolute Gasteiger partial charge is 0.272 e. The number of hydrogen-bond donors (Lipinski definition) is 2. The number of nitrogens with zero attached hydrogens (tertiary/aromatic N) is 3. The van der Waals surface area contributed by atoms with Crippen molar-refractivity contribution in [3.8, 4) is 0 Å². The zero-order valence-electron chi connectivity index (χ0n) is 14.4. The fourth-order valence-electron chi connectivity index (χ4n) is 3.64. The minimum Gasteiger partial charge on any atom is -0.368 e. The molecule has 8 nitrogen and oxygen atoms in total. The van der Waals surface area contributed by atoms with E-state index in [1.165, 1.54) is 0 Å². The van der Waals surface area contributed by atoms with Crippen molar-refractivity contribution >= 4 is 21.6 Å². The lowest BCUT2D eigenvalue weighted by atomic mass is 9.93. The summed E-state index contributed by atoms with van der Waals surface area (Å²) in [7, 11) is -1.77. The highest BCUT2D eigenvalue weighted by molar-refractivity contribution is 7.89. The Bertz CT molecular complexity index is 931. The number of hydrogen-bond acceptors (Lipinski definition) is 5. The Morgan fingerprint density at radius 3 is 2.62 bits per heavy atom. The van der Waals surface area contributed by atoms with Crippen LogP contribution < -0.4 is 10.0 Å². The Balaban J connectivity index is 1.44. The maximum atomic E-state index is 12.6. The van der Waals surface area contributed by atoms with Gasteiger partial charge in [0.05, 0.1) is 11.9 Å². The summed E-state index contributed by atoms with van der Waals surface area (Å²) >= 11 is 0. The summed E-state index contributed by atoms with van der Waals surface area (Å²) in [4.78, 5) is 14.7. The van der Waals surface area contributed by atoms with Gasteiger partial charge in [0.25, 0.3) is 5.91 Å². The number of amides is 1. The molecule has 1 saturated heterocycles. The highest BCUT2D eigenvalue weighted by Gasteiger charge is 2.36. The number of likely N-dealkylation sites (tertiary alicyclic amines) is 1. The summed E-state index contributed by atoms with van der Waals surface area (Å²) in [6, 6.07) is 8.61. The van der Waals surface area contributed by atoms with Crippen molar-refractivity contribution in [2.75, 3.05) is 18.4 Å². The Hall–Kier alpha value is -2.39. The van der Waals surface area contributed by atoms with Gasteiger partial charge in [-0.25, -0.2) is 8.42 Å². The number of aromatic nitrogens is 2. The fourth-order valence-corrected chi connectivity index (χ4v) is 5.03. The Morgan fingerprint density at radius 2 is 1.92 bits per heavy atom. The van der Waals surface area contributed by atoms with Crippen molar-refractivity contribution in [2.45, 2.75) is 23.9 Å². The molecule has 1 aromatic heterocycles. The van der Waals surface area contributed by atoms with E-state index in [-0.39, 0.29) is 22.9 Å². The number of para-hydroxylation sites is 1. The molecule has 1 fully saturated rings. The SMILES string of the molecule is Cn1nccc1C(=O)N1CCC([C@@H]2Nc3ccccc3S(=O)(=O)N2)CC1. The van der Waals surface area contributed by atoms with Crippen LogP contribution in [0, 0.1) is 5.92 Å². The molecule has 0 spiro atoms. The first-order valence-corrected chi connectivity index (χ1v) is 10.1. The molecule has 3 heterocycles. The maximum absolute atomic E-state index is 12.6. The van der Waals surface area contributed by atoms with Gasteiger partial charge in [-0.15, -0.1) is 0 Å². The molecule has 2 aromatic rings. The van der Waals surface area contributed by atoms with Gasteiger partial charge in [0.1, 0.15) is 10.6 Å². The molecule has 0 bridgehead atoms. The van der Waals surface area contributed by atoms with Gasteiger partial charge < -0.3 is 10.2 Å². The molecule has 0 saturated carbocycles. The third kappa shape index (κ3) is 2.97. The number of benzene rings is 1. The highest BCUT2D eigenvalue weighted by Crippen LogP contribution is 2.30. The molecular weight excluding hydrogens is 354 g/mol. The van der Waals surface area contributed by atoms with Crippen LogP contribution in [-0.4, -0.2) is 48.3 Å². The predicted molar refractivity (Wildman–Crippen MR) is 96.0 cm³/mol. The van der Waals surface area contributed by atoms with Crippen LogP contribution in [0.2, 0.25) is 0 Å². The zero-order valence-corrected chi connectivity index (χ0v) is 15.2. The standard InChI is InChI=1S/C17H21N5O3S/c1-21-14(6-9-18-21)17(23)22-10-7-12(8-11-22)16-19-13-4-2-3-5-15(13)26(24,25)20-16/h2-6,9,12,16,19-20H,7-8,10-11H2,1H3/t16-/m1/s1. The van der Waals surface area contributed by atoms with E-state index in [0.717, 1.165) is 12.8 Å². The van der Waals surface area contributed by atoms with Crippen molar-refractivity contribution in [1.29, 1.82) is 0 Å². The number of sulfonamides is 1. The van der Waals surface area contributed by atoms with Gasteiger partial charge >= 0.3 is 0 Å². The number of piperidine rings is 1. The average Bonchev–Trinajstić information content (AvgIpc) is 3.07. The molecule has 0 unspecified atom stereocenters. The van der Waals surface area contributed by atoms with E-state index in [0.29, 0.717) is 24.5 Å². The van der Waals surface area contributed by atoms with Crippen molar-refractivity contribution in [3.63, 3.8) is 0 Å². The van der Waals surface area contributed by atoms with E-state index in [1.54, 1.807) is 47.1 Å². The number of carbonyl (C=O) groups excluding carboxylic acids is 1. The zero-order chi connectivity index (χ0) is 18.3. The van der Waals surface area contributed by atoms with Gasteiger partial charge in [0, 0.05) is 26.3 Å². The minimum atomic E-state index is -3.52. The summed E-state index contributed by atoms with van der Waals surface area (Å²) in [6.45, 7) is 1.19. The third-order valence-corrected chi connectivity index (χ3v) is 6.61. The summed E-state index contributed by atoms with van der Waals surface area (Å²) in [5.74, 6) is 0.0831. The molecule has 9 heteroatoms. The summed E-state index contributed by atoms with van der Waals surface area (Å²) in [5.41, 5.74) is 1.19. The van der Waals surface area contributed by atoms with E-state index < -0.39 is 10.0 Å². The number of rotatable bonds is 2. The van der Waals surface area contributed by atoms with E-state index >= 15 is 0 Å². The molecule has 1 aromatic carbocycles. The van der Waals surface area contributed by atoms with Crippen LogP contribution in [-0.2, 0) is 17.1 Å². The van der Waals surface area contributed by atoms with E-state index in [2.05, 4.69) is 15.1 Å². The van der Waals surface area contributed by atoms with Gasteiger partial charge in [0.2, 0.25) is 10.0 Å². The second kappa shape index (κ2) is 6.40. The van der Waals surface area contributed by atoms with E-state index in [1.807, 2.05) is 6.07 Å². The molecule has 1 atom stereocenters. The number of nitrogens with one attached hydrogen (secondary N) is 2. The molecule has 1 amide bonds. The monoisotopic (exact) mass is 375 g/mol. The lowest BCUT2D eigenvalue weighted by molar-refractivity contribution is 0.0668. The van der Waals surface area contributed by atoms with Crippen molar-refractivity contribution in [2.24, 2.45) is 13.0 Å². The van der Waals surface area contributed by atoms with Crippen LogP contribution in [0.25, 0.3) is 0 Å². The highest BCUT2D eigenvalue weighted by atomic mass is 32.2. The third-order valence-electron chi connectivity index (χ3n) is 5.11. The summed E-state index contributed by atoms with van der Waals surface area (Å²) in [6.07, 6.45) is 2.71. The van der Waals surface area contributed by atoms with Crippen LogP contribution in [0.5, 0.6) is 0 Å². The van der Waals surface area contributed by atoms with Gasteiger partial charge in [0.15, 0.2) is 0 Å². The second-order valence-corrected chi connectivity index (χ2v) is 8.39. The number of fused-ring (bicyclic) bond motifs is 1. The predicted octanol–water partition coefficient (Wildman–Crippen LogP) is 1.00. The second-order valence-electron chi connectivity index (χ2n) is 6.71. The molecule has 2 aliphatic rings. The first kappa shape index (κ1) is 17.0. The number of carbonyl (C=O) groups is 1. The first-order valence-electron chi connectivity index (χ1n) is 8.61. The van der Waals surface area contributed by atoms with E-state index in [4.69, 9.17) is 0 Å². The lowest BCUT2D eigenvalue weighted by Gasteiger charge is -2.38.